The Morgan fingerprint density at radius 3 is 0.731 bits per heavy atom. The molecule has 254 valence electrons. The van der Waals surface area contributed by atoms with Gasteiger partial charge in [-0.3, -0.25) is 9.97 Å². The summed E-state index contributed by atoms with van der Waals surface area (Å²) in [6.45, 7) is 0. The third kappa shape index (κ3) is 5.60. The van der Waals surface area contributed by atoms with Gasteiger partial charge in [-0.2, -0.15) is 0 Å². The van der Waals surface area contributed by atoms with E-state index in [-0.39, 0.29) is 23.0 Å². The number of aromatic amines is 2. The second kappa shape index (κ2) is 12.5. The van der Waals surface area contributed by atoms with Crippen molar-refractivity contribution >= 4 is 22.1 Å². The topological polar surface area (TPSA) is 138 Å². The van der Waals surface area contributed by atoms with E-state index in [0.717, 1.165) is 89.4 Å². The Kier molecular flexibility index (Phi) is 7.51. The summed E-state index contributed by atoms with van der Waals surface area (Å²) in [4.78, 5) is 18.2. The fourth-order valence-electron chi connectivity index (χ4n) is 7.54. The summed E-state index contributed by atoms with van der Waals surface area (Å²) in [5.41, 5.74) is 14.7. The van der Waals surface area contributed by atoms with E-state index in [1.165, 1.54) is 0 Å². The van der Waals surface area contributed by atoms with Crippen molar-refractivity contribution in [1.29, 1.82) is 0 Å². The first kappa shape index (κ1) is 31.2. The molecule has 7 aromatic rings. The highest BCUT2D eigenvalue weighted by molar-refractivity contribution is 5.92. The van der Waals surface area contributed by atoms with Crippen LogP contribution in [0.3, 0.4) is 0 Å². The lowest BCUT2D eigenvalue weighted by atomic mass is 10.0. The van der Waals surface area contributed by atoms with Crippen LogP contribution < -0.4 is 0 Å². The second-order valence-electron chi connectivity index (χ2n) is 13.3. The molecule has 0 saturated heterocycles. The minimum absolute atomic E-state index is 0.188. The molecule has 6 N–H and O–H groups in total. The molecule has 0 radical (unpaired) electrons. The number of aryl methyl sites for hydroxylation is 4. The molecule has 5 heterocycles. The smallest absolute Gasteiger partial charge is 0.115 e. The molecule has 0 fully saturated rings. The van der Waals surface area contributed by atoms with Gasteiger partial charge in [0.2, 0.25) is 0 Å². The van der Waals surface area contributed by atoms with Crippen molar-refractivity contribution in [2.24, 2.45) is 0 Å². The Bertz CT molecular complexity index is 2280. The maximum Gasteiger partial charge on any atom is 0.115 e. The minimum Gasteiger partial charge on any atom is -0.508 e. The van der Waals surface area contributed by atoms with E-state index in [4.69, 9.17) is 9.97 Å². The first-order valence-corrected chi connectivity index (χ1v) is 17.3. The predicted molar refractivity (Wildman–Crippen MR) is 204 cm³/mol. The van der Waals surface area contributed by atoms with Crippen molar-refractivity contribution in [1.82, 2.24) is 19.9 Å². The molecule has 0 atom stereocenters. The number of nitrogens with zero attached hydrogens (tertiary/aromatic N) is 2. The number of phenols is 4. The first-order valence-electron chi connectivity index (χ1n) is 17.3. The number of nitrogens with one attached hydrogen (secondary N) is 2. The Morgan fingerprint density at radius 2 is 0.519 bits per heavy atom. The van der Waals surface area contributed by atoms with Crippen LogP contribution in [-0.2, 0) is 25.7 Å². The van der Waals surface area contributed by atoms with Gasteiger partial charge >= 0.3 is 0 Å². The number of aromatic nitrogens is 4. The quantitative estimate of drug-likeness (QED) is 0.109. The molecule has 0 amide bonds. The number of hydrogen-bond acceptors (Lipinski definition) is 6. The molecule has 8 bridgehead atoms. The van der Waals surface area contributed by atoms with Crippen molar-refractivity contribution in [3.8, 4) is 67.5 Å². The van der Waals surface area contributed by atoms with Crippen molar-refractivity contribution in [2.45, 2.75) is 25.7 Å². The number of benzene rings is 4. The highest BCUT2D eigenvalue weighted by atomic mass is 16.3. The number of rotatable bonds is 4. The zero-order valence-corrected chi connectivity index (χ0v) is 28.1. The maximum absolute atomic E-state index is 10.2. The molecule has 2 aliphatic rings. The van der Waals surface area contributed by atoms with Crippen LogP contribution >= 0.6 is 0 Å². The van der Waals surface area contributed by atoms with E-state index in [2.05, 4.69) is 34.2 Å². The molecule has 8 nitrogen and oxygen atoms in total. The molecule has 0 aliphatic carbocycles. The number of H-pyrrole nitrogens is 2. The van der Waals surface area contributed by atoms with E-state index >= 15 is 0 Å². The largest absolute Gasteiger partial charge is 0.508 e. The summed E-state index contributed by atoms with van der Waals surface area (Å²) in [6, 6.07) is 37.2. The van der Waals surface area contributed by atoms with Crippen LogP contribution in [0.1, 0.15) is 22.8 Å². The standard InChI is InChI=1S/C44H34N4O4/c49-29-9-1-25(2-10-29)41-33-17-19-35(45-33)42(26-3-11-30(50)12-4-26)37-21-23-39(47-37)44(28-7-15-32(52)16-8-28)40-24-22-38(48-40)43(36-20-18-34(41)46-36)27-5-13-31(51)14-6-27/h1-17,19,22,24,45,48-52H,18,20-21,23H2. The van der Waals surface area contributed by atoms with Gasteiger partial charge in [-0.25, -0.2) is 0 Å². The van der Waals surface area contributed by atoms with Gasteiger partial charge in [0.15, 0.2) is 0 Å². The summed E-state index contributed by atoms with van der Waals surface area (Å²) in [5.74, 6) is 0.754. The predicted octanol–water partition coefficient (Wildman–Crippen LogP) is 9.38. The Balaban J connectivity index is 1.46. The normalized spacial score (nSPS) is 12.6. The van der Waals surface area contributed by atoms with E-state index in [1.54, 1.807) is 48.5 Å². The molecule has 0 unspecified atom stereocenters. The van der Waals surface area contributed by atoms with Crippen molar-refractivity contribution in [3.63, 3.8) is 0 Å². The molecule has 52 heavy (non-hydrogen) atoms. The second-order valence-corrected chi connectivity index (χ2v) is 13.3. The lowest BCUT2D eigenvalue weighted by molar-refractivity contribution is 0.475. The van der Waals surface area contributed by atoms with E-state index in [0.29, 0.717) is 25.7 Å². The van der Waals surface area contributed by atoms with Crippen LogP contribution in [0.2, 0.25) is 0 Å². The number of phenolic OH excluding ortho intramolecular Hbond substituents is 4. The number of aromatic hydroxyl groups is 4. The average molecular weight is 683 g/mol. The highest BCUT2D eigenvalue weighted by Crippen LogP contribution is 2.39. The lowest BCUT2D eigenvalue weighted by Crippen LogP contribution is -1.89. The Morgan fingerprint density at radius 1 is 0.308 bits per heavy atom. The summed E-state index contributed by atoms with van der Waals surface area (Å²) in [5, 5.41) is 40.8. The van der Waals surface area contributed by atoms with Crippen LogP contribution in [0.4, 0.5) is 0 Å². The Hall–Kier alpha value is -6.80. The van der Waals surface area contributed by atoms with Crippen molar-refractivity contribution < 1.29 is 20.4 Å². The molecule has 2 aliphatic heterocycles. The van der Waals surface area contributed by atoms with Gasteiger partial charge in [-0.1, -0.05) is 48.5 Å². The van der Waals surface area contributed by atoms with Gasteiger partial charge in [-0.05, 0) is 121 Å². The molecular formula is C44H34N4O4. The third-order valence-electron chi connectivity index (χ3n) is 9.96. The molecule has 9 rings (SSSR count). The van der Waals surface area contributed by atoms with Crippen LogP contribution in [-0.4, -0.2) is 40.4 Å². The Labute approximate surface area is 299 Å². The van der Waals surface area contributed by atoms with Gasteiger partial charge in [0, 0.05) is 44.3 Å². The lowest BCUT2D eigenvalue weighted by Gasteiger charge is -2.07. The van der Waals surface area contributed by atoms with Crippen LogP contribution in [0.25, 0.3) is 66.6 Å². The SMILES string of the molecule is Oc1ccc(-c2c3nc(c(-c4ccc(O)cc4)c4ccc([nH]4)c(-c4ccc(O)cc4)c4nc(c(-c5ccc(O)cc5)c5ccc2[nH]5)CC4)CC3)cc1. The van der Waals surface area contributed by atoms with Crippen LogP contribution in [0, 0.1) is 0 Å². The maximum atomic E-state index is 10.2. The summed E-state index contributed by atoms with van der Waals surface area (Å²) < 4.78 is 0. The van der Waals surface area contributed by atoms with Gasteiger partial charge in [0.25, 0.3) is 0 Å². The summed E-state index contributed by atoms with van der Waals surface area (Å²) in [7, 11) is 0. The van der Waals surface area contributed by atoms with Gasteiger partial charge in [-0.15, -0.1) is 0 Å². The van der Waals surface area contributed by atoms with Crippen molar-refractivity contribution in [2.75, 3.05) is 0 Å². The number of hydrogen-bond donors (Lipinski definition) is 6. The first-order chi connectivity index (χ1) is 25.4. The molecular weight excluding hydrogens is 649 g/mol. The molecule has 8 heteroatoms. The molecule has 0 spiro atoms. The van der Waals surface area contributed by atoms with Gasteiger partial charge < -0.3 is 30.4 Å². The zero-order valence-electron chi connectivity index (χ0n) is 28.1. The van der Waals surface area contributed by atoms with Gasteiger partial charge in [0.1, 0.15) is 23.0 Å². The fraction of sp³-hybridized carbons (Fsp3) is 0.0909. The number of fused-ring (bicyclic) bond motifs is 8. The van der Waals surface area contributed by atoms with E-state index < -0.39 is 0 Å². The van der Waals surface area contributed by atoms with E-state index in [9.17, 15) is 20.4 Å². The van der Waals surface area contributed by atoms with Gasteiger partial charge in [0.05, 0.1) is 22.8 Å². The monoisotopic (exact) mass is 682 g/mol. The molecule has 0 saturated carbocycles. The molecule has 4 aromatic carbocycles. The minimum atomic E-state index is 0.188. The summed E-state index contributed by atoms with van der Waals surface area (Å²) in [6.07, 6.45) is 2.77. The molecule has 3 aromatic heterocycles. The zero-order chi connectivity index (χ0) is 35.3. The van der Waals surface area contributed by atoms with Crippen LogP contribution in [0.5, 0.6) is 23.0 Å². The highest BCUT2D eigenvalue weighted by Gasteiger charge is 2.22. The van der Waals surface area contributed by atoms with Crippen LogP contribution in [0.15, 0.2) is 121 Å². The van der Waals surface area contributed by atoms with E-state index in [1.807, 2.05) is 48.5 Å². The third-order valence-corrected chi connectivity index (χ3v) is 9.96. The summed E-state index contributed by atoms with van der Waals surface area (Å²) >= 11 is 0. The fourth-order valence-corrected chi connectivity index (χ4v) is 7.54. The average Bonchev–Trinajstić information content (AvgIpc) is 3.99. The van der Waals surface area contributed by atoms with Crippen molar-refractivity contribution in [3.05, 3.63) is 144 Å².